The van der Waals surface area contributed by atoms with Crippen LogP contribution in [0.2, 0.25) is 0 Å². The summed E-state index contributed by atoms with van der Waals surface area (Å²) in [5.41, 5.74) is -0.151. The third kappa shape index (κ3) is 6.44. The molecule has 1 fully saturated rings. The van der Waals surface area contributed by atoms with Crippen molar-refractivity contribution in [3.63, 3.8) is 0 Å². The number of anilines is 1. The summed E-state index contributed by atoms with van der Waals surface area (Å²) >= 11 is 0. The maximum absolute atomic E-state index is 12.3. The van der Waals surface area contributed by atoms with Gasteiger partial charge in [-0.1, -0.05) is 0 Å². The van der Waals surface area contributed by atoms with E-state index >= 15 is 0 Å². The topological polar surface area (TPSA) is 113 Å². The summed E-state index contributed by atoms with van der Waals surface area (Å²) in [5.74, 6) is 0.619. The van der Waals surface area contributed by atoms with Crippen molar-refractivity contribution in [2.24, 2.45) is 0 Å². The summed E-state index contributed by atoms with van der Waals surface area (Å²) in [6.45, 7) is 5.12. The fraction of sp³-hybridized carbons (Fsp3) is 0.526. The van der Waals surface area contributed by atoms with Crippen LogP contribution in [0.4, 0.5) is 20.1 Å². The Morgan fingerprint density at radius 3 is 2.28 bits per heavy atom. The summed E-state index contributed by atoms with van der Waals surface area (Å²) in [6.07, 6.45) is -3.80. The minimum absolute atomic E-state index is 0.0363. The zero-order valence-electron chi connectivity index (χ0n) is 17.1. The predicted molar refractivity (Wildman–Crippen MR) is 102 cm³/mol. The van der Waals surface area contributed by atoms with Crippen molar-refractivity contribution in [2.45, 2.75) is 38.6 Å². The Hall–Kier alpha value is -3.17. The molecule has 10 heteroatoms. The molecule has 1 aromatic rings. The van der Waals surface area contributed by atoms with E-state index < -0.39 is 36.2 Å². The highest BCUT2D eigenvalue weighted by molar-refractivity contribution is 5.87. The van der Waals surface area contributed by atoms with E-state index in [1.54, 1.807) is 45.0 Å². The Bertz CT molecular complexity index is 729. The molecular weight excluding hydrogens is 384 g/mol. The largest absolute Gasteiger partial charge is 0.509 e. The average Bonchev–Trinajstić information content (AvgIpc) is 3.02. The van der Waals surface area contributed by atoms with Crippen LogP contribution >= 0.6 is 0 Å². The molecule has 0 spiro atoms. The molecule has 0 unspecified atom stereocenters. The van der Waals surface area contributed by atoms with Gasteiger partial charge in [-0.15, -0.1) is 0 Å². The molecule has 0 aliphatic carbocycles. The number of rotatable bonds is 6. The standard InChI is InChI=1S/C19H26N2O8/c1-19(2,3)29-16(22)20-10-14-15(28-18(24)27-14)11-21(17(23)26-5)12-6-8-13(25-4)9-7-12/h6-9,14-15H,10-11H2,1-5H3,(H,20,22)/t14-,15-/m1/s1. The molecular formula is C19H26N2O8. The molecule has 0 radical (unpaired) electrons. The SMILES string of the molecule is COC(=O)N(C[C@H]1OC(=O)O[C@@H]1CNC(=O)OC(C)(C)C)c1ccc(OC)cc1. The zero-order valence-corrected chi connectivity index (χ0v) is 17.1. The second-order valence-corrected chi connectivity index (χ2v) is 7.22. The number of ether oxygens (including phenoxy) is 5. The van der Waals surface area contributed by atoms with Crippen LogP contribution in [-0.2, 0) is 18.9 Å². The third-order valence-corrected chi connectivity index (χ3v) is 3.90. The van der Waals surface area contributed by atoms with Gasteiger partial charge in [-0.2, -0.15) is 0 Å². The highest BCUT2D eigenvalue weighted by atomic mass is 16.8. The Balaban J connectivity index is 2.08. The van der Waals surface area contributed by atoms with Gasteiger partial charge in [-0.3, -0.25) is 4.90 Å². The molecule has 29 heavy (non-hydrogen) atoms. The molecule has 0 saturated carbocycles. The molecule has 1 heterocycles. The summed E-state index contributed by atoms with van der Waals surface area (Å²) in [4.78, 5) is 37.1. The van der Waals surface area contributed by atoms with E-state index in [1.165, 1.54) is 19.1 Å². The lowest BCUT2D eigenvalue weighted by Crippen LogP contribution is -2.46. The van der Waals surface area contributed by atoms with Crippen LogP contribution in [0, 0.1) is 0 Å². The third-order valence-electron chi connectivity index (χ3n) is 3.90. The Morgan fingerprint density at radius 2 is 1.72 bits per heavy atom. The number of hydrogen-bond acceptors (Lipinski definition) is 8. The van der Waals surface area contributed by atoms with Gasteiger partial charge in [0, 0.05) is 5.69 Å². The van der Waals surface area contributed by atoms with Gasteiger partial charge in [0.15, 0.2) is 12.2 Å². The van der Waals surface area contributed by atoms with Gasteiger partial charge < -0.3 is 29.0 Å². The maximum atomic E-state index is 12.3. The number of amides is 2. The molecule has 0 bridgehead atoms. The van der Waals surface area contributed by atoms with Gasteiger partial charge >= 0.3 is 18.3 Å². The highest BCUT2D eigenvalue weighted by Gasteiger charge is 2.39. The quantitative estimate of drug-likeness (QED) is 0.563. The lowest BCUT2D eigenvalue weighted by Gasteiger charge is -2.26. The van der Waals surface area contributed by atoms with Gasteiger partial charge in [0.1, 0.15) is 11.4 Å². The maximum Gasteiger partial charge on any atom is 0.509 e. The van der Waals surface area contributed by atoms with Crippen LogP contribution in [0.1, 0.15) is 20.8 Å². The van der Waals surface area contributed by atoms with Crippen LogP contribution in [0.3, 0.4) is 0 Å². The van der Waals surface area contributed by atoms with Crippen LogP contribution in [0.15, 0.2) is 24.3 Å². The van der Waals surface area contributed by atoms with Gasteiger partial charge in [0.2, 0.25) is 0 Å². The minimum atomic E-state index is -0.884. The lowest BCUT2D eigenvalue weighted by atomic mass is 10.1. The van der Waals surface area contributed by atoms with E-state index in [9.17, 15) is 14.4 Å². The normalized spacial score (nSPS) is 18.3. The van der Waals surface area contributed by atoms with Crippen molar-refractivity contribution >= 4 is 24.0 Å². The van der Waals surface area contributed by atoms with Gasteiger partial charge in [-0.05, 0) is 45.0 Å². The fourth-order valence-corrected chi connectivity index (χ4v) is 2.59. The van der Waals surface area contributed by atoms with Crippen molar-refractivity contribution in [2.75, 3.05) is 32.2 Å². The van der Waals surface area contributed by atoms with Crippen molar-refractivity contribution < 1.29 is 38.1 Å². The number of nitrogens with zero attached hydrogens (tertiary/aromatic N) is 1. The molecule has 1 aliphatic heterocycles. The Labute approximate surface area is 169 Å². The smallest absolute Gasteiger partial charge is 0.497 e. The molecule has 10 nitrogen and oxygen atoms in total. The average molecular weight is 410 g/mol. The van der Waals surface area contributed by atoms with Gasteiger partial charge in [-0.25, -0.2) is 14.4 Å². The second kappa shape index (κ2) is 9.35. The van der Waals surface area contributed by atoms with E-state index in [2.05, 4.69) is 5.32 Å². The molecule has 2 atom stereocenters. The number of nitrogens with one attached hydrogen (secondary N) is 1. The monoisotopic (exact) mass is 410 g/mol. The van der Waals surface area contributed by atoms with E-state index in [1.807, 2.05) is 0 Å². The van der Waals surface area contributed by atoms with Crippen LogP contribution < -0.4 is 15.0 Å². The molecule has 1 aliphatic rings. The molecule has 1 N–H and O–H groups in total. The van der Waals surface area contributed by atoms with E-state index in [4.69, 9.17) is 23.7 Å². The first kappa shape index (κ1) is 22.1. The van der Waals surface area contributed by atoms with E-state index in [-0.39, 0.29) is 13.1 Å². The minimum Gasteiger partial charge on any atom is -0.497 e. The Kier molecular flexibility index (Phi) is 7.13. The van der Waals surface area contributed by atoms with Crippen LogP contribution in [0.5, 0.6) is 5.75 Å². The predicted octanol–water partition coefficient (Wildman–Crippen LogP) is 2.70. The van der Waals surface area contributed by atoms with Gasteiger partial charge in [0.05, 0.1) is 27.3 Å². The molecule has 2 rings (SSSR count). The number of alkyl carbamates (subject to hydrolysis) is 1. The van der Waals surface area contributed by atoms with Crippen LogP contribution in [0.25, 0.3) is 0 Å². The molecule has 2 amide bonds. The van der Waals surface area contributed by atoms with Crippen molar-refractivity contribution in [3.05, 3.63) is 24.3 Å². The first-order valence-electron chi connectivity index (χ1n) is 8.96. The number of methoxy groups -OCH3 is 2. The summed E-state index contributed by atoms with van der Waals surface area (Å²) in [6, 6.07) is 6.70. The summed E-state index contributed by atoms with van der Waals surface area (Å²) in [7, 11) is 2.78. The van der Waals surface area contributed by atoms with Gasteiger partial charge in [0.25, 0.3) is 0 Å². The summed E-state index contributed by atoms with van der Waals surface area (Å²) in [5, 5.41) is 2.53. The summed E-state index contributed by atoms with van der Waals surface area (Å²) < 4.78 is 25.4. The van der Waals surface area contributed by atoms with Crippen molar-refractivity contribution in [1.29, 1.82) is 0 Å². The fourth-order valence-electron chi connectivity index (χ4n) is 2.59. The molecule has 160 valence electrons. The first-order valence-corrected chi connectivity index (χ1v) is 8.96. The second-order valence-electron chi connectivity index (χ2n) is 7.22. The highest BCUT2D eigenvalue weighted by Crippen LogP contribution is 2.23. The van der Waals surface area contributed by atoms with Crippen LogP contribution in [-0.4, -0.2) is 63.5 Å². The number of carbonyl (C=O) groups is 3. The zero-order chi connectivity index (χ0) is 21.6. The lowest BCUT2D eigenvalue weighted by molar-refractivity contribution is 0.0487. The molecule has 1 saturated heterocycles. The van der Waals surface area contributed by atoms with Crippen molar-refractivity contribution in [3.8, 4) is 5.75 Å². The van der Waals surface area contributed by atoms with E-state index in [0.717, 1.165) is 0 Å². The molecule has 0 aromatic heterocycles. The molecule has 1 aromatic carbocycles. The number of hydrogen-bond donors (Lipinski definition) is 1. The van der Waals surface area contributed by atoms with Crippen molar-refractivity contribution in [1.82, 2.24) is 5.32 Å². The number of cyclic esters (lactones) is 2. The number of benzene rings is 1. The first-order chi connectivity index (χ1) is 13.6. The Morgan fingerprint density at radius 1 is 1.10 bits per heavy atom. The number of carbonyl (C=O) groups excluding carboxylic acids is 3. The van der Waals surface area contributed by atoms with E-state index in [0.29, 0.717) is 11.4 Å².